The van der Waals surface area contributed by atoms with E-state index in [9.17, 15) is 14.4 Å². The van der Waals surface area contributed by atoms with Crippen molar-refractivity contribution in [2.45, 2.75) is 44.8 Å². The molecule has 0 bridgehead atoms. The van der Waals surface area contributed by atoms with Gasteiger partial charge in [0.1, 0.15) is 17.9 Å². The van der Waals surface area contributed by atoms with Crippen molar-refractivity contribution in [2.24, 2.45) is 0 Å². The van der Waals surface area contributed by atoms with Crippen LogP contribution in [0.5, 0.6) is 5.75 Å². The van der Waals surface area contributed by atoms with Gasteiger partial charge >= 0.3 is 5.97 Å². The minimum absolute atomic E-state index is 0.0534. The zero-order chi connectivity index (χ0) is 22.5. The molecule has 1 atom stereocenters. The van der Waals surface area contributed by atoms with Crippen LogP contribution in [0.15, 0.2) is 21.8 Å². The van der Waals surface area contributed by atoms with Gasteiger partial charge in [-0.1, -0.05) is 0 Å². The van der Waals surface area contributed by atoms with Gasteiger partial charge in [-0.25, -0.2) is 9.78 Å². The number of hydrogen-bond acceptors (Lipinski definition) is 8. The van der Waals surface area contributed by atoms with E-state index in [4.69, 9.17) is 14.2 Å². The molecular weight excluding hydrogens is 434 g/mol. The van der Waals surface area contributed by atoms with Crippen LogP contribution in [0, 0.1) is 0 Å². The lowest BCUT2D eigenvalue weighted by atomic mass is 10.1. The molecular formula is C22H27N3O6S. The number of carbonyl (C=O) groups is 2. The van der Waals surface area contributed by atoms with Gasteiger partial charge in [0.2, 0.25) is 5.91 Å². The standard InChI is InChI=1S/C22H27N3O6S/c1-29-22(28)21-17-5-6-24(19(26)10-15-13-32-14-23-15)7-8-25(17)20(27)11-18(21)31-12-16-4-2-3-9-30-16/h11,13-14,16H,2-10,12H2,1H3. The molecule has 0 radical (unpaired) electrons. The van der Waals surface area contributed by atoms with Crippen LogP contribution in [0.4, 0.5) is 0 Å². The Hall–Kier alpha value is -2.72. The SMILES string of the molecule is COC(=O)c1c(OCC2CCCCO2)cc(=O)n2c1CCN(C(=O)Cc1cscn1)CC2. The first kappa shape index (κ1) is 22.5. The second-order valence-corrected chi connectivity index (χ2v) is 8.62. The van der Waals surface area contributed by atoms with Crippen LogP contribution in [0.3, 0.4) is 0 Å². The highest BCUT2D eigenvalue weighted by molar-refractivity contribution is 7.07. The summed E-state index contributed by atoms with van der Waals surface area (Å²) in [5, 5.41) is 1.85. The first-order valence-corrected chi connectivity index (χ1v) is 11.8. The Morgan fingerprint density at radius 2 is 2.16 bits per heavy atom. The lowest BCUT2D eigenvalue weighted by Crippen LogP contribution is -2.35. The van der Waals surface area contributed by atoms with Crippen molar-refractivity contribution < 1.29 is 23.8 Å². The van der Waals surface area contributed by atoms with Gasteiger partial charge in [0.05, 0.1) is 30.8 Å². The highest BCUT2D eigenvalue weighted by atomic mass is 32.1. The Morgan fingerprint density at radius 3 is 2.88 bits per heavy atom. The second-order valence-electron chi connectivity index (χ2n) is 7.90. The molecule has 4 rings (SSSR count). The van der Waals surface area contributed by atoms with Gasteiger partial charge in [0.25, 0.3) is 5.56 Å². The lowest BCUT2D eigenvalue weighted by molar-refractivity contribution is -0.130. The molecule has 1 saturated heterocycles. The molecule has 0 saturated carbocycles. The highest BCUT2D eigenvalue weighted by Gasteiger charge is 2.28. The first-order valence-electron chi connectivity index (χ1n) is 10.8. The van der Waals surface area contributed by atoms with E-state index in [1.165, 1.54) is 24.5 Å². The number of methoxy groups -OCH3 is 1. The lowest BCUT2D eigenvalue weighted by Gasteiger charge is -2.24. The van der Waals surface area contributed by atoms with Crippen molar-refractivity contribution in [3.05, 3.63) is 44.3 Å². The number of thiazole rings is 1. The maximum Gasteiger partial charge on any atom is 0.343 e. The van der Waals surface area contributed by atoms with Gasteiger partial charge < -0.3 is 23.7 Å². The van der Waals surface area contributed by atoms with Gasteiger partial charge in [-0.2, -0.15) is 0 Å². The fourth-order valence-electron chi connectivity index (χ4n) is 4.15. The number of ether oxygens (including phenoxy) is 3. The monoisotopic (exact) mass is 461 g/mol. The first-order chi connectivity index (χ1) is 15.6. The Bertz CT molecular complexity index is 1010. The van der Waals surface area contributed by atoms with Crippen molar-refractivity contribution in [3.8, 4) is 5.75 Å². The van der Waals surface area contributed by atoms with Gasteiger partial charge in [-0.05, 0) is 19.3 Å². The van der Waals surface area contributed by atoms with Crippen molar-refractivity contribution >= 4 is 23.2 Å². The zero-order valence-electron chi connectivity index (χ0n) is 18.1. The molecule has 0 spiro atoms. The molecule has 1 unspecified atom stereocenters. The van der Waals surface area contributed by atoms with Crippen LogP contribution in [0.2, 0.25) is 0 Å². The van der Waals surface area contributed by atoms with E-state index < -0.39 is 5.97 Å². The van der Waals surface area contributed by atoms with Crippen molar-refractivity contribution in [1.29, 1.82) is 0 Å². The number of carbonyl (C=O) groups excluding carboxylic acids is 2. The van der Waals surface area contributed by atoms with Crippen LogP contribution in [-0.2, 0) is 33.7 Å². The Morgan fingerprint density at radius 1 is 1.28 bits per heavy atom. The molecule has 4 heterocycles. The molecule has 1 amide bonds. The van der Waals surface area contributed by atoms with Gasteiger partial charge in [-0.3, -0.25) is 9.59 Å². The number of hydrogen-bond donors (Lipinski definition) is 0. The molecule has 10 heteroatoms. The molecule has 0 aromatic carbocycles. The van der Waals surface area contributed by atoms with Crippen LogP contribution in [0.1, 0.15) is 41.0 Å². The van der Waals surface area contributed by atoms with Crippen molar-refractivity contribution in [3.63, 3.8) is 0 Å². The topological polar surface area (TPSA) is 100.0 Å². The fourth-order valence-corrected chi connectivity index (χ4v) is 4.71. The average Bonchev–Trinajstić information content (AvgIpc) is 3.21. The molecule has 2 aromatic rings. The summed E-state index contributed by atoms with van der Waals surface area (Å²) in [6.45, 7) is 2.03. The minimum atomic E-state index is -0.560. The van der Waals surface area contributed by atoms with Crippen LogP contribution >= 0.6 is 11.3 Å². The molecule has 2 aliphatic rings. The van der Waals surface area contributed by atoms with Gasteiger partial charge in [0, 0.05) is 49.8 Å². The molecule has 0 aliphatic carbocycles. The van der Waals surface area contributed by atoms with E-state index in [1.54, 1.807) is 15.0 Å². The van der Waals surface area contributed by atoms with E-state index >= 15 is 0 Å². The summed E-state index contributed by atoms with van der Waals surface area (Å²) in [6, 6.07) is 1.34. The van der Waals surface area contributed by atoms with Gasteiger partial charge in [0.15, 0.2) is 0 Å². The van der Waals surface area contributed by atoms with Crippen LogP contribution < -0.4 is 10.3 Å². The van der Waals surface area contributed by atoms with Gasteiger partial charge in [-0.15, -0.1) is 11.3 Å². The Labute approximate surface area is 189 Å². The number of esters is 1. The summed E-state index contributed by atoms with van der Waals surface area (Å²) in [6.07, 6.45) is 3.48. The number of pyridine rings is 1. The molecule has 172 valence electrons. The second kappa shape index (κ2) is 10.3. The summed E-state index contributed by atoms with van der Waals surface area (Å²) >= 11 is 1.45. The fraction of sp³-hybridized carbons (Fsp3) is 0.545. The molecule has 1 fully saturated rings. The predicted octanol–water partition coefficient (Wildman–Crippen LogP) is 1.67. The third kappa shape index (κ3) is 5.02. The van der Waals surface area contributed by atoms with Crippen LogP contribution in [0.25, 0.3) is 0 Å². The minimum Gasteiger partial charge on any atom is -0.490 e. The summed E-state index contributed by atoms with van der Waals surface area (Å²) < 4.78 is 18.2. The number of rotatable bonds is 6. The average molecular weight is 462 g/mol. The normalized spacial score (nSPS) is 18.5. The summed E-state index contributed by atoms with van der Waals surface area (Å²) in [5.41, 5.74) is 2.95. The molecule has 2 aromatic heterocycles. The van der Waals surface area contributed by atoms with E-state index in [-0.39, 0.29) is 41.9 Å². The zero-order valence-corrected chi connectivity index (χ0v) is 18.9. The molecule has 2 aliphatic heterocycles. The quantitative estimate of drug-likeness (QED) is 0.603. The maximum absolute atomic E-state index is 12.9. The van der Waals surface area contributed by atoms with E-state index in [1.807, 2.05) is 5.38 Å². The molecule has 9 nitrogen and oxygen atoms in total. The Balaban J connectivity index is 1.56. The summed E-state index contributed by atoms with van der Waals surface area (Å²) in [5.74, 6) is -0.401. The van der Waals surface area contributed by atoms with Crippen LogP contribution in [-0.4, -0.2) is 65.8 Å². The largest absolute Gasteiger partial charge is 0.490 e. The third-order valence-corrected chi connectivity index (χ3v) is 6.49. The number of fused-ring (bicyclic) bond motifs is 1. The number of nitrogens with zero attached hydrogens (tertiary/aromatic N) is 3. The maximum atomic E-state index is 12.9. The Kier molecular flexibility index (Phi) is 7.21. The smallest absolute Gasteiger partial charge is 0.343 e. The van der Waals surface area contributed by atoms with Crippen molar-refractivity contribution in [2.75, 3.05) is 33.4 Å². The third-order valence-electron chi connectivity index (χ3n) is 5.85. The molecule has 0 N–H and O–H groups in total. The molecule has 32 heavy (non-hydrogen) atoms. The van der Waals surface area contributed by atoms with Crippen molar-refractivity contribution in [1.82, 2.24) is 14.5 Å². The summed E-state index contributed by atoms with van der Waals surface area (Å²) in [4.78, 5) is 44.2. The van der Waals surface area contributed by atoms with E-state index in [0.717, 1.165) is 25.0 Å². The predicted molar refractivity (Wildman–Crippen MR) is 117 cm³/mol. The number of amides is 1. The van der Waals surface area contributed by atoms with E-state index in [0.29, 0.717) is 38.4 Å². The highest BCUT2D eigenvalue weighted by Crippen LogP contribution is 2.25. The van der Waals surface area contributed by atoms with E-state index in [2.05, 4.69) is 4.98 Å². The number of aromatic nitrogens is 2. The summed E-state index contributed by atoms with van der Waals surface area (Å²) in [7, 11) is 1.30.